The van der Waals surface area contributed by atoms with Gasteiger partial charge in [-0.1, -0.05) is 6.07 Å². The highest BCUT2D eigenvalue weighted by Crippen LogP contribution is 2.21. The predicted molar refractivity (Wildman–Crippen MR) is 89.2 cm³/mol. The van der Waals surface area contributed by atoms with Gasteiger partial charge in [-0.2, -0.15) is 5.26 Å². The summed E-state index contributed by atoms with van der Waals surface area (Å²) in [7, 11) is 3.56. The fraction of sp³-hybridized carbons (Fsp3) is 0.222. The van der Waals surface area contributed by atoms with Gasteiger partial charge in [0.2, 0.25) is 0 Å². The van der Waals surface area contributed by atoms with Crippen molar-refractivity contribution < 1.29 is 9.18 Å². The maximum atomic E-state index is 14.0. The van der Waals surface area contributed by atoms with Crippen molar-refractivity contribution in [2.24, 2.45) is 0 Å². The number of benzene rings is 2. The molecule has 0 bridgehead atoms. The average Bonchev–Trinajstić information content (AvgIpc) is 2.52. The lowest BCUT2D eigenvalue weighted by Gasteiger charge is -2.15. The molecule has 0 saturated heterocycles. The number of halogens is 1. The van der Waals surface area contributed by atoms with Crippen LogP contribution in [-0.2, 0) is 6.54 Å². The van der Waals surface area contributed by atoms with Crippen molar-refractivity contribution >= 4 is 17.2 Å². The zero-order chi connectivity index (χ0) is 17.0. The second-order valence-corrected chi connectivity index (χ2v) is 5.46. The molecule has 0 aliphatic carbocycles. The number of rotatable bonds is 5. The summed E-state index contributed by atoms with van der Waals surface area (Å²) in [5.74, 6) is -0.391. The molecule has 0 aliphatic heterocycles. The Morgan fingerprint density at radius 3 is 2.57 bits per heavy atom. The highest BCUT2D eigenvalue weighted by atomic mass is 19.1. The molecule has 5 heteroatoms. The van der Waals surface area contributed by atoms with Crippen LogP contribution in [0.3, 0.4) is 0 Å². The zero-order valence-corrected chi connectivity index (χ0v) is 13.4. The monoisotopic (exact) mass is 311 g/mol. The molecule has 2 aromatic rings. The summed E-state index contributed by atoms with van der Waals surface area (Å²) in [5.41, 5.74) is 2.82. The number of hydrogen-bond donors (Lipinski definition) is 1. The smallest absolute Gasteiger partial charge is 0.161 e. The third kappa shape index (κ3) is 3.86. The largest absolute Gasteiger partial charge is 0.380 e. The van der Waals surface area contributed by atoms with Gasteiger partial charge in [0.15, 0.2) is 5.78 Å². The number of hydrogen-bond acceptors (Lipinski definition) is 4. The van der Waals surface area contributed by atoms with Crippen LogP contribution in [0, 0.1) is 17.1 Å². The maximum Gasteiger partial charge on any atom is 0.161 e. The molecule has 0 atom stereocenters. The van der Waals surface area contributed by atoms with Crippen molar-refractivity contribution in [3.63, 3.8) is 0 Å². The minimum absolute atomic E-state index is 0.0915. The van der Waals surface area contributed by atoms with Gasteiger partial charge in [-0.25, -0.2) is 4.39 Å². The number of carbonyl (C=O) groups is 1. The fourth-order valence-corrected chi connectivity index (χ4v) is 2.29. The van der Waals surface area contributed by atoms with E-state index in [0.29, 0.717) is 29.0 Å². The molecular formula is C18H18FN3O. The SMILES string of the molecule is CC(=O)c1ccc(C#N)cc1NCc1ccc(N(C)C)c(F)c1. The Kier molecular flexibility index (Phi) is 4.97. The molecule has 118 valence electrons. The van der Waals surface area contributed by atoms with Gasteiger partial charge in [0.25, 0.3) is 0 Å². The van der Waals surface area contributed by atoms with Crippen LogP contribution in [-0.4, -0.2) is 19.9 Å². The van der Waals surface area contributed by atoms with Gasteiger partial charge >= 0.3 is 0 Å². The number of carbonyl (C=O) groups excluding carboxylic acids is 1. The van der Waals surface area contributed by atoms with Crippen LogP contribution < -0.4 is 10.2 Å². The molecule has 4 nitrogen and oxygen atoms in total. The summed E-state index contributed by atoms with van der Waals surface area (Å²) >= 11 is 0. The maximum absolute atomic E-state index is 14.0. The van der Waals surface area contributed by atoms with Crippen LogP contribution >= 0.6 is 0 Å². The van der Waals surface area contributed by atoms with Crippen molar-refractivity contribution in [3.05, 3.63) is 58.9 Å². The molecule has 0 radical (unpaired) electrons. The number of nitriles is 1. The molecule has 0 heterocycles. The van der Waals surface area contributed by atoms with E-state index in [9.17, 15) is 9.18 Å². The summed E-state index contributed by atoms with van der Waals surface area (Å²) in [4.78, 5) is 13.4. The second kappa shape index (κ2) is 6.93. The topological polar surface area (TPSA) is 56.1 Å². The third-order valence-electron chi connectivity index (χ3n) is 3.50. The van der Waals surface area contributed by atoms with Gasteiger partial charge in [-0.15, -0.1) is 0 Å². The summed E-state index contributed by atoms with van der Waals surface area (Å²) in [6.07, 6.45) is 0. The normalized spacial score (nSPS) is 10.0. The molecule has 0 unspecified atom stereocenters. The van der Waals surface area contributed by atoms with E-state index in [1.54, 1.807) is 43.3 Å². The van der Waals surface area contributed by atoms with Crippen molar-refractivity contribution in [1.29, 1.82) is 5.26 Å². The molecule has 0 aromatic heterocycles. The number of nitrogens with zero attached hydrogens (tertiary/aromatic N) is 2. The van der Waals surface area contributed by atoms with Crippen molar-refractivity contribution in [2.45, 2.75) is 13.5 Å². The molecule has 0 saturated carbocycles. The first-order valence-electron chi connectivity index (χ1n) is 7.17. The Morgan fingerprint density at radius 1 is 1.26 bits per heavy atom. The molecular weight excluding hydrogens is 293 g/mol. The number of nitrogens with one attached hydrogen (secondary N) is 1. The van der Waals surface area contributed by atoms with Crippen molar-refractivity contribution in [1.82, 2.24) is 0 Å². The number of Topliss-reactive ketones (excluding diaryl/α,β-unsaturated/α-hetero) is 1. The molecule has 0 fully saturated rings. The molecule has 0 aliphatic rings. The molecule has 23 heavy (non-hydrogen) atoms. The Hall–Kier alpha value is -2.87. The van der Waals surface area contributed by atoms with Crippen LogP contribution in [0.25, 0.3) is 0 Å². The van der Waals surface area contributed by atoms with Crippen LogP contribution in [0.1, 0.15) is 28.4 Å². The first-order valence-corrected chi connectivity index (χ1v) is 7.17. The van der Waals surface area contributed by atoms with E-state index in [1.807, 2.05) is 12.1 Å². The predicted octanol–water partition coefficient (Wildman–Crippen LogP) is 3.58. The number of anilines is 2. The van der Waals surface area contributed by atoms with E-state index in [0.717, 1.165) is 5.56 Å². The van der Waals surface area contributed by atoms with Gasteiger partial charge in [0, 0.05) is 31.9 Å². The van der Waals surface area contributed by atoms with E-state index in [-0.39, 0.29) is 11.6 Å². The first-order chi connectivity index (χ1) is 10.9. The Balaban J connectivity index is 2.22. The standard InChI is InChI=1S/C18H18FN3O/c1-12(23)15-6-4-13(10-20)9-17(15)21-11-14-5-7-18(22(2)3)16(19)8-14/h4-9,21H,11H2,1-3H3. The first kappa shape index (κ1) is 16.5. The van der Waals surface area contributed by atoms with Gasteiger partial charge in [0.05, 0.1) is 17.3 Å². The minimum Gasteiger partial charge on any atom is -0.380 e. The van der Waals surface area contributed by atoms with Gasteiger partial charge in [0.1, 0.15) is 5.82 Å². The highest BCUT2D eigenvalue weighted by molar-refractivity contribution is 5.99. The Morgan fingerprint density at radius 2 is 2.00 bits per heavy atom. The fourth-order valence-electron chi connectivity index (χ4n) is 2.29. The lowest BCUT2D eigenvalue weighted by molar-refractivity contribution is 0.101. The van der Waals surface area contributed by atoms with E-state index in [4.69, 9.17) is 5.26 Å². The molecule has 1 N–H and O–H groups in total. The average molecular weight is 311 g/mol. The van der Waals surface area contributed by atoms with E-state index in [2.05, 4.69) is 5.32 Å². The summed E-state index contributed by atoms with van der Waals surface area (Å²) in [5, 5.41) is 12.1. The third-order valence-corrected chi connectivity index (χ3v) is 3.50. The Bertz CT molecular complexity index is 778. The second-order valence-electron chi connectivity index (χ2n) is 5.46. The summed E-state index contributed by atoms with van der Waals surface area (Å²) in [6.45, 7) is 1.83. The van der Waals surface area contributed by atoms with Crippen LogP contribution in [0.2, 0.25) is 0 Å². The van der Waals surface area contributed by atoms with Gasteiger partial charge in [-0.3, -0.25) is 4.79 Å². The molecule has 0 spiro atoms. The molecule has 0 amide bonds. The van der Waals surface area contributed by atoms with E-state index >= 15 is 0 Å². The number of ketones is 1. The van der Waals surface area contributed by atoms with Crippen LogP contribution in [0.15, 0.2) is 36.4 Å². The van der Waals surface area contributed by atoms with Gasteiger partial charge in [-0.05, 0) is 42.8 Å². The summed E-state index contributed by atoms with van der Waals surface area (Å²) in [6, 6.07) is 11.9. The van der Waals surface area contributed by atoms with E-state index < -0.39 is 0 Å². The minimum atomic E-state index is -0.299. The van der Waals surface area contributed by atoms with Crippen LogP contribution in [0.4, 0.5) is 15.8 Å². The van der Waals surface area contributed by atoms with E-state index in [1.165, 1.54) is 13.0 Å². The lowest BCUT2D eigenvalue weighted by atomic mass is 10.1. The lowest BCUT2D eigenvalue weighted by Crippen LogP contribution is -2.11. The van der Waals surface area contributed by atoms with Crippen LogP contribution in [0.5, 0.6) is 0 Å². The zero-order valence-electron chi connectivity index (χ0n) is 13.4. The molecule has 2 aromatic carbocycles. The Labute approximate surface area is 135 Å². The van der Waals surface area contributed by atoms with Gasteiger partial charge < -0.3 is 10.2 Å². The molecule has 2 rings (SSSR count). The van der Waals surface area contributed by atoms with Crippen molar-refractivity contribution in [2.75, 3.05) is 24.3 Å². The highest BCUT2D eigenvalue weighted by Gasteiger charge is 2.09. The quantitative estimate of drug-likeness (QED) is 0.858. The van der Waals surface area contributed by atoms with Crippen molar-refractivity contribution in [3.8, 4) is 6.07 Å². The summed E-state index contributed by atoms with van der Waals surface area (Å²) < 4.78 is 14.0.